The average molecular weight is 1060 g/mol. The predicted octanol–water partition coefficient (Wildman–Crippen LogP) is -13.9. The summed E-state index contributed by atoms with van der Waals surface area (Å²) in [5.41, 5.74) is 0. The first kappa shape index (κ1) is 59.5. The summed E-state index contributed by atoms with van der Waals surface area (Å²) in [6, 6.07) is 0. The highest BCUT2D eigenvalue weighted by Gasteiger charge is 2.61. The first-order chi connectivity index (χ1) is 33.9. The molecule has 420 valence electrons. The lowest BCUT2D eigenvalue weighted by molar-refractivity contribution is -0.409. The molecule has 0 radical (unpaired) electrons. The number of hydrogen-bond donors (Lipinski definition) is 21. The van der Waals surface area contributed by atoms with Crippen LogP contribution >= 0.6 is 0 Å². The second-order valence-corrected chi connectivity index (χ2v) is 18.2. The lowest BCUT2D eigenvalue weighted by atomic mass is 9.90. The molecule has 0 aromatic carbocycles. The molecule has 6 aliphatic rings. The average Bonchev–Trinajstić information content (AvgIpc) is 3.35. The molecule has 33 heteroatoms. The van der Waals surface area contributed by atoms with Crippen LogP contribution in [0.4, 0.5) is 0 Å². The second kappa shape index (κ2) is 24.7. The van der Waals surface area contributed by atoms with E-state index in [1.165, 1.54) is 6.92 Å². The van der Waals surface area contributed by atoms with Crippen LogP contribution in [0.3, 0.4) is 0 Å². The molecule has 0 bridgehead atoms. The highest BCUT2D eigenvalue weighted by atomic mass is 16.8. The van der Waals surface area contributed by atoms with Gasteiger partial charge in [-0.05, 0) is 6.92 Å². The van der Waals surface area contributed by atoms with Crippen molar-refractivity contribution in [1.29, 1.82) is 0 Å². The standard InChI is InChI=1S/C39H66O33/c1-8-15(47)20(52)23(55)34(62-8)70-32-26(58)37(69-29-18(50)11(4-41)64-35(24(29)56)67-27-13(6-43)63-33(59)22(54)21(27)53)66-14(7-44)28(32)68-36-25(57)31(19(51)12(5-42)65-36)72-39(38(60)61)2-9(45)16(48)30(71-39)17(49)10(46)3-40/h8-37,40-59H,2-7H2,1H3,(H,60,61)/t8-,9+,10-,11-,12-,13-,14-,15+,16-,17-,18+,19+,20+,21-,22-,23-,24-,25-,26-,27-,28-,29+,30-,31+,32-,33?,34-,35+,36+,37+,39+/m1/s1. The molecule has 0 spiro atoms. The maximum atomic E-state index is 12.9. The van der Waals surface area contributed by atoms with Crippen molar-refractivity contribution >= 4 is 5.97 Å². The van der Waals surface area contributed by atoms with Crippen molar-refractivity contribution in [1.82, 2.24) is 0 Å². The summed E-state index contributed by atoms with van der Waals surface area (Å²) in [6.07, 6.45) is -62.8. The fraction of sp³-hybridized carbons (Fsp3) is 0.974. The summed E-state index contributed by atoms with van der Waals surface area (Å²) in [4.78, 5) is 12.9. The van der Waals surface area contributed by atoms with Crippen molar-refractivity contribution in [2.45, 2.75) is 203 Å². The summed E-state index contributed by atoms with van der Waals surface area (Å²) in [7, 11) is 0. The SMILES string of the molecule is C[C@H]1O[C@H](O[C@@H]2[C@@H](O)[C@H](O[C@H]3[C@@H](O)[C@@H](CO)O[C@@H](O[C@H]4[C@H](O)[C@@H](O)C(O)O[C@@H]4CO)[C@@H]3O)O[C@H](CO)[C@H]2O[C@@H]2O[C@H](CO)[C@H](O)[C@H](O[C@]3(C(=O)O)C[C@H](O)[C@@H](O)[C@H]([C@H](O)[C@H](O)CO)O3)[C@H]2O)[C@H](O)[C@@H](O)[C@H]1O. The van der Waals surface area contributed by atoms with E-state index in [1.54, 1.807) is 0 Å². The highest BCUT2D eigenvalue weighted by molar-refractivity contribution is 5.76. The Morgan fingerprint density at radius 2 is 0.958 bits per heavy atom. The Bertz CT molecular complexity index is 1710. The second-order valence-electron chi connectivity index (χ2n) is 18.2. The zero-order valence-electron chi connectivity index (χ0n) is 37.9. The maximum Gasteiger partial charge on any atom is 0.364 e. The molecule has 6 rings (SSSR count). The van der Waals surface area contributed by atoms with Crippen LogP contribution in [-0.2, 0) is 56.9 Å². The summed E-state index contributed by atoms with van der Waals surface area (Å²) < 4.78 is 61.9. The van der Waals surface area contributed by atoms with Gasteiger partial charge in [-0.3, -0.25) is 0 Å². The van der Waals surface area contributed by atoms with E-state index < -0.39 is 235 Å². The van der Waals surface area contributed by atoms with Crippen molar-refractivity contribution in [3.8, 4) is 0 Å². The molecule has 33 nitrogen and oxygen atoms in total. The minimum atomic E-state index is -3.23. The molecular weight excluding hydrogens is 996 g/mol. The molecule has 72 heavy (non-hydrogen) atoms. The van der Waals surface area contributed by atoms with Gasteiger partial charge in [-0.25, -0.2) is 4.79 Å². The third-order valence-corrected chi connectivity index (χ3v) is 13.4. The molecule has 6 fully saturated rings. The quantitative estimate of drug-likeness (QED) is 0.0606. The van der Waals surface area contributed by atoms with Crippen molar-refractivity contribution in [3.63, 3.8) is 0 Å². The van der Waals surface area contributed by atoms with E-state index in [-0.39, 0.29) is 0 Å². The van der Waals surface area contributed by atoms with Gasteiger partial charge in [0.15, 0.2) is 31.5 Å². The number of aliphatic hydroxyl groups is 20. The van der Waals surface area contributed by atoms with Crippen molar-refractivity contribution < 1.29 is 164 Å². The largest absolute Gasteiger partial charge is 0.477 e. The Labute approximate surface area is 406 Å². The monoisotopic (exact) mass is 1060 g/mol. The van der Waals surface area contributed by atoms with E-state index in [0.717, 1.165) is 0 Å². The molecule has 21 N–H and O–H groups in total. The minimum absolute atomic E-state index is 0.933. The summed E-state index contributed by atoms with van der Waals surface area (Å²) in [5, 5.41) is 223. The third-order valence-electron chi connectivity index (χ3n) is 13.4. The summed E-state index contributed by atoms with van der Waals surface area (Å²) in [5.74, 6) is -5.34. The van der Waals surface area contributed by atoms with Gasteiger partial charge in [0.25, 0.3) is 5.79 Å². The van der Waals surface area contributed by atoms with Crippen molar-refractivity contribution in [3.05, 3.63) is 0 Å². The van der Waals surface area contributed by atoms with Gasteiger partial charge in [0.1, 0.15) is 140 Å². The van der Waals surface area contributed by atoms with Gasteiger partial charge in [0, 0.05) is 6.42 Å². The third kappa shape index (κ3) is 11.9. The number of aliphatic hydroxyl groups excluding tert-OH is 20. The van der Waals surface area contributed by atoms with Crippen LogP contribution in [-0.4, -0.2) is 336 Å². The molecule has 31 atom stereocenters. The first-order valence-corrected chi connectivity index (χ1v) is 22.6. The molecule has 0 aromatic rings. The topological polar surface area (TPSA) is 543 Å². The Kier molecular flexibility index (Phi) is 20.4. The summed E-state index contributed by atoms with van der Waals surface area (Å²) >= 11 is 0. The van der Waals surface area contributed by atoms with Crippen LogP contribution in [0.1, 0.15) is 13.3 Å². The van der Waals surface area contributed by atoms with Gasteiger partial charge in [-0.2, -0.15) is 0 Å². The van der Waals surface area contributed by atoms with E-state index in [0.29, 0.717) is 0 Å². The Balaban J connectivity index is 1.31. The van der Waals surface area contributed by atoms with Gasteiger partial charge in [-0.15, -0.1) is 0 Å². The van der Waals surface area contributed by atoms with E-state index in [9.17, 15) is 112 Å². The zero-order valence-corrected chi connectivity index (χ0v) is 37.9. The molecule has 6 saturated heterocycles. The number of carbonyl (C=O) groups is 1. The van der Waals surface area contributed by atoms with Gasteiger partial charge < -0.3 is 159 Å². The van der Waals surface area contributed by atoms with E-state index in [2.05, 4.69) is 0 Å². The van der Waals surface area contributed by atoms with Gasteiger partial charge in [0.05, 0.1) is 45.2 Å². The molecule has 0 amide bonds. The van der Waals surface area contributed by atoms with Gasteiger partial charge in [-0.1, -0.05) is 0 Å². The van der Waals surface area contributed by atoms with Crippen LogP contribution in [0, 0.1) is 0 Å². The Morgan fingerprint density at radius 3 is 1.50 bits per heavy atom. The Hall–Kier alpha value is -1.77. The van der Waals surface area contributed by atoms with Crippen LogP contribution in [0.2, 0.25) is 0 Å². The predicted molar refractivity (Wildman–Crippen MR) is 215 cm³/mol. The maximum absolute atomic E-state index is 12.9. The number of hydrogen-bond acceptors (Lipinski definition) is 32. The minimum Gasteiger partial charge on any atom is -0.477 e. The fourth-order valence-corrected chi connectivity index (χ4v) is 9.12. The first-order valence-electron chi connectivity index (χ1n) is 22.6. The van der Waals surface area contributed by atoms with Crippen molar-refractivity contribution in [2.75, 3.05) is 33.0 Å². The smallest absolute Gasteiger partial charge is 0.364 e. The number of aliphatic carboxylic acids is 1. The molecule has 6 aliphatic heterocycles. The fourth-order valence-electron chi connectivity index (χ4n) is 9.12. The van der Waals surface area contributed by atoms with Gasteiger partial charge >= 0.3 is 5.97 Å². The molecule has 6 heterocycles. The molecule has 0 aliphatic carbocycles. The van der Waals surface area contributed by atoms with Crippen LogP contribution in [0.15, 0.2) is 0 Å². The van der Waals surface area contributed by atoms with E-state index >= 15 is 0 Å². The number of rotatable bonds is 18. The molecule has 0 saturated carbocycles. The Morgan fingerprint density at radius 1 is 0.500 bits per heavy atom. The number of carboxylic acid groups (broad SMARTS) is 1. The zero-order chi connectivity index (χ0) is 53.4. The van der Waals surface area contributed by atoms with E-state index in [4.69, 9.17) is 52.1 Å². The number of ether oxygens (including phenoxy) is 11. The lowest BCUT2D eigenvalue weighted by Gasteiger charge is -2.51. The van der Waals surface area contributed by atoms with Crippen LogP contribution < -0.4 is 0 Å². The molecule has 0 aromatic heterocycles. The van der Waals surface area contributed by atoms with Crippen molar-refractivity contribution in [2.24, 2.45) is 0 Å². The molecule has 1 unspecified atom stereocenters. The number of carboxylic acids is 1. The lowest BCUT2D eigenvalue weighted by Crippen LogP contribution is -2.70. The van der Waals surface area contributed by atoms with E-state index in [1.807, 2.05) is 0 Å². The highest BCUT2D eigenvalue weighted by Crippen LogP contribution is 2.40. The van der Waals surface area contributed by atoms with Crippen LogP contribution in [0.5, 0.6) is 0 Å². The molecular formula is C39H66O33. The van der Waals surface area contributed by atoms with Gasteiger partial charge in [0.2, 0.25) is 0 Å². The summed E-state index contributed by atoms with van der Waals surface area (Å²) in [6.45, 7) is -4.23. The van der Waals surface area contributed by atoms with Crippen LogP contribution in [0.25, 0.3) is 0 Å². The normalized spacial score (nSPS) is 51.3.